The summed E-state index contributed by atoms with van der Waals surface area (Å²) < 4.78 is 7.28. The van der Waals surface area contributed by atoms with Crippen molar-refractivity contribution in [2.75, 3.05) is 12.3 Å². The maximum Gasteiger partial charge on any atom is 0.309 e. The molecule has 96 valence electrons. The Morgan fingerprint density at radius 1 is 1.56 bits per heavy atom. The zero-order valence-corrected chi connectivity index (χ0v) is 10.3. The maximum atomic E-state index is 11.9. The highest BCUT2D eigenvalue weighted by Crippen LogP contribution is 2.17. The van der Waals surface area contributed by atoms with Gasteiger partial charge in [0.1, 0.15) is 4.70 Å². The van der Waals surface area contributed by atoms with Crippen LogP contribution in [0.25, 0.3) is 10.3 Å². The van der Waals surface area contributed by atoms with Crippen molar-refractivity contribution in [1.29, 1.82) is 0 Å². The van der Waals surface area contributed by atoms with E-state index >= 15 is 0 Å². The predicted octanol–water partition coefficient (Wildman–Crippen LogP) is -0.0925. The Labute approximate surface area is 105 Å². The molecule has 1 atom stereocenters. The van der Waals surface area contributed by atoms with E-state index in [0.717, 1.165) is 30.8 Å². The first-order valence-electron chi connectivity index (χ1n) is 5.66. The number of thiazole rings is 1. The van der Waals surface area contributed by atoms with Crippen LogP contribution in [0.4, 0.5) is 5.95 Å². The summed E-state index contributed by atoms with van der Waals surface area (Å²) in [5.41, 5.74) is 5.48. The van der Waals surface area contributed by atoms with Crippen molar-refractivity contribution in [3.63, 3.8) is 0 Å². The number of aromatic amines is 1. The molecule has 0 aromatic carbocycles. The van der Waals surface area contributed by atoms with Crippen LogP contribution in [0.3, 0.4) is 0 Å². The molecule has 1 saturated heterocycles. The van der Waals surface area contributed by atoms with Crippen LogP contribution in [0.15, 0.2) is 9.59 Å². The molecule has 18 heavy (non-hydrogen) atoms. The second kappa shape index (κ2) is 4.21. The average Bonchev–Trinajstić information content (AvgIpc) is 2.91. The topological polar surface area (TPSA) is 103 Å². The molecular weight excluding hydrogens is 256 g/mol. The highest BCUT2D eigenvalue weighted by atomic mass is 32.1. The van der Waals surface area contributed by atoms with Gasteiger partial charge in [0, 0.05) is 6.61 Å². The summed E-state index contributed by atoms with van der Waals surface area (Å²) in [6.45, 7) is 1.15. The standard InChI is InChI=1S/C10H12N4O3S/c11-9-12-7-6(8(15)13-9)18-10(16)14(7)4-5-2-1-3-17-5/h5H,1-4H2,(H3,11,12,13,15). The number of nitrogens with two attached hydrogens (primary N) is 1. The van der Waals surface area contributed by atoms with Crippen LogP contribution < -0.4 is 16.2 Å². The Morgan fingerprint density at radius 2 is 2.39 bits per heavy atom. The predicted molar refractivity (Wildman–Crippen MR) is 67.9 cm³/mol. The minimum Gasteiger partial charge on any atom is -0.376 e. The summed E-state index contributed by atoms with van der Waals surface area (Å²) >= 11 is 0.887. The molecule has 0 saturated carbocycles. The summed E-state index contributed by atoms with van der Waals surface area (Å²) in [5.74, 6) is 0.0198. The fourth-order valence-electron chi connectivity index (χ4n) is 2.12. The van der Waals surface area contributed by atoms with Crippen LogP contribution in [-0.4, -0.2) is 27.2 Å². The first kappa shape index (κ1) is 11.4. The number of aromatic nitrogens is 3. The number of anilines is 1. The van der Waals surface area contributed by atoms with E-state index in [0.29, 0.717) is 16.9 Å². The average molecular weight is 268 g/mol. The van der Waals surface area contributed by atoms with Gasteiger partial charge in [-0.3, -0.25) is 19.1 Å². The van der Waals surface area contributed by atoms with Crippen LogP contribution in [0.5, 0.6) is 0 Å². The normalized spacial score (nSPS) is 19.7. The molecule has 7 nitrogen and oxygen atoms in total. The Hall–Kier alpha value is -1.67. The highest BCUT2D eigenvalue weighted by molar-refractivity contribution is 7.16. The number of nitrogens with one attached hydrogen (secondary N) is 1. The molecule has 0 radical (unpaired) electrons. The van der Waals surface area contributed by atoms with E-state index in [1.165, 1.54) is 4.57 Å². The van der Waals surface area contributed by atoms with E-state index in [1.807, 2.05) is 0 Å². The number of nitrogens with zero attached hydrogens (tertiary/aromatic N) is 2. The van der Waals surface area contributed by atoms with Gasteiger partial charge in [0.25, 0.3) is 5.56 Å². The third kappa shape index (κ3) is 1.83. The first-order valence-corrected chi connectivity index (χ1v) is 6.47. The highest BCUT2D eigenvalue weighted by Gasteiger charge is 2.20. The molecule has 1 aliphatic heterocycles. The Bertz CT molecular complexity index is 695. The molecule has 0 bridgehead atoms. The van der Waals surface area contributed by atoms with Crippen molar-refractivity contribution in [3.8, 4) is 0 Å². The van der Waals surface area contributed by atoms with E-state index in [2.05, 4.69) is 9.97 Å². The van der Waals surface area contributed by atoms with E-state index in [-0.39, 0.29) is 22.5 Å². The van der Waals surface area contributed by atoms with Crippen LogP contribution in [0.1, 0.15) is 12.8 Å². The molecule has 3 rings (SSSR count). The van der Waals surface area contributed by atoms with Crippen molar-refractivity contribution in [1.82, 2.24) is 14.5 Å². The Balaban J connectivity index is 2.12. The lowest BCUT2D eigenvalue weighted by molar-refractivity contribution is 0.0974. The molecule has 2 aromatic heterocycles. The quantitative estimate of drug-likeness (QED) is 0.792. The summed E-state index contributed by atoms with van der Waals surface area (Å²) in [7, 11) is 0. The van der Waals surface area contributed by atoms with Gasteiger partial charge in [-0.25, -0.2) is 0 Å². The lowest BCUT2D eigenvalue weighted by Gasteiger charge is -2.09. The van der Waals surface area contributed by atoms with E-state index in [9.17, 15) is 9.59 Å². The smallest absolute Gasteiger partial charge is 0.309 e. The number of nitrogen functional groups attached to an aromatic ring is 1. The van der Waals surface area contributed by atoms with Crippen LogP contribution in [-0.2, 0) is 11.3 Å². The van der Waals surface area contributed by atoms with Gasteiger partial charge in [-0.1, -0.05) is 11.3 Å². The number of ether oxygens (including phenoxy) is 1. The SMILES string of the molecule is Nc1nc2c(sc(=O)n2CC2CCCO2)c(=O)[nH]1. The fraction of sp³-hybridized carbons (Fsp3) is 0.500. The Kier molecular flexibility index (Phi) is 2.67. The van der Waals surface area contributed by atoms with E-state index in [1.54, 1.807) is 0 Å². The van der Waals surface area contributed by atoms with Crippen LogP contribution >= 0.6 is 11.3 Å². The second-order valence-corrected chi connectivity index (χ2v) is 5.18. The van der Waals surface area contributed by atoms with Gasteiger partial charge in [-0.05, 0) is 12.8 Å². The lowest BCUT2D eigenvalue weighted by atomic mass is 10.2. The number of H-pyrrole nitrogens is 1. The van der Waals surface area contributed by atoms with Crippen molar-refractivity contribution in [2.45, 2.75) is 25.5 Å². The maximum absolute atomic E-state index is 11.9. The minimum atomic E-state index is -0.370. The number of hydrogen-bond donors (Lipinski definition) is 2. The van der Waals surface area contributed by atoms with Crippen molar-refractivity contribution in [3.05, 3.63) is 20.0 Å². The van der Waals surface area contributed by atoms with Gasteiger partial charge >= 0.3 is 4.87 Å². The summed E-state index contributed by atoms with van der Waals surface area (Å²) in [5, 5.41) is 0. The Morgan fingerprint density at radius 3 is 3.11 bits per heavy atom. The molecular formula is C10H12N4O3S. The third-order valence-electron chi connectivity index (χ3n) is 2.95. The van der Waals surface area contributed by atoms with Gasteiger partial charge in [0.15, 0.2) is 5.65 Å². The summed E-state index contributed by atoms with van der Waals surface area (Å²) in [4.78, 5) is 29.8. The molecule has 8 heteroatoms. The molecule has 1 unspecified atom stereocenters. The summed E-state index contributed by atoms with van der Waals surface area (Å²) in [6.07, 6.45) is 1.93. The molecule has 0 spiro atoms. The minimum absolute atomic E-state index is 0.0165. The molecule has 3 heterocycles. The third-order valence-corrected chi connectivity index (χ3v) is 3.92. The molecule has 3 N–H and O–H groups in total. The van der Waals surface area contributed by atoms with Gasteiger partial charge in [0.2, 0.25) is 5.95 Å². The van der Waals surface area contributed by atoms with Crippen molar-refractivity contribution in [2.24, 2.45) is 0 Å². The molecule has 0 amide bonds. The summed E-state index contributed by atoms with van der Waals surface area (Å²) in [6, 6.07) is 0. The van der Waals surface area contributed by atoms with Crippen LogP contribution in [0, 0.1) is 0 Å². The molecule has 2 aromatic rings. The number of hydrogen-bond acceptors (Lipinski definition) is 6. The largest absolute Gasteiger partial charge is 0.376 e. The monoisotopic (exact) mass is 268 g/mol. The lowest BCUT2D eigenvalue weighted by Crippen LogP contribution is -2.23. The number of rotatable bonds is 2. The number of fused-ring (bicyclic) bond motifs is 1. The van der Waals surface area contributed by atoms with E-state index < -0.39 is 0 Å². The first-order chi connectivity index (χ1) is 8.65. The van der Waals surface area contributed by atoms with Crippen molar-refractivity contribution >= 4 is 27.6 Å². The van der Waals surface area contributed by atoms with Crippen LogP contribution in [0.2, 0.25) is 0 Å². The fourth-order valence-corrected chi connectivity index (χ4v) is 2.96. The zero-order valence-electron chi connectivity index (χ0n) is 9.51. The van der Waals surface area contributed by atoms with Gasteiger partial charge in [0.05, 0.1) is 12.6 Å². The zero-order chi connectivity index (χ0) is 12.7. The second-order valence-electron chi connectivity index (χ2n) is 4.22. The molecule has 0 aliphatic carbocycles. The molecule has 1 aliphatic rings. The molecule has 1 fully saturated rings. The van der Waals surface area contributed by atoms with E-state index in [4.69, 9.17) is 10.5 Å². The van der Waals surface area contributed by atoms with Gasteiger partial charge in [-0.15, -0.1) is 0 Å². The van der Waals surface area contributed by atoms with Gasteiger partial charge < -0.3 is 10.5 Å². The van der Waals surface area contributed by atoms with Gasteiger partial charge in [-0.2, -0.15) is 4.98 Å². The van der Waals surface area contributed by atoms with Crippen molar-refractivity contribution < 1.29 is 4.74 Å².